The monoisotopic (exact) mass is 317 g/mol. The van der Waals surface area contributed by atoms with Crippen LogP contribution in [0.15, 0.2) is 72.8 Å². The van der Waals surface area contributed by atoms with E-state index in [1.807, 2.05) is 30.3 Å². The smallest absolute Gasteiger partial charge is 0.224 e. The van der Waals surface area contributed by atoms with Crippen molar-refractivity contribution < 1.29 is 4.79 Å². The highest BCUT2D eigenvalue weighted by Gasteiger charge is 2.10. The van der Waals surface area contributed by atoms with Gasteiger partial charge in [0.2, 0.25) is 5.91 Å². The summed E-state index contributed by atoms with van der Waals surface area (Å²) in [7, 11) is 0. The zero-order valence-electron chi connectivity index (χ0n) is 14.0. The highest BCUT2D eigenvalue weighted by molar-refractivity contribution is 5.90. The van der Waals surface area contributed by atoms with Crippen LogP contribution in [-0.2, 0) is 11.2 Å². The van der Waals surface area contributed by atoms with Crippen LogP contribution in [0.1, 0.15) is 25.3 Å². The number of carbonyl (C=O) groups excluding carboxylic acids is 1. The van der Waals surface area contributed by atoms with Crippen molar-refractivity contribution in [1.82, 2.24) is 0 Å². The quantitative estimate of drug-likeness (QED) is 0.644. The second-order valence-electron chi connectivity index (χ2n) is 6.44. The Balaban J connectivity index is 1.51. The lowest BCUT2D eigenvalue weighted by molar-refractivity contribution is -0.117. The Morgan fingerprint density at radius 3 is 2.42 bits per heavy atom. The second-order valence-corrected chi connectivity index (χ2v) is 6.44. The first-order chi connectivity index (χ1) is 11.7. The molecule has 0 heterocycles. The molecule has 122 valence electrons. The fraction of sp³-hybridized carbons (Fsp3) is 0.227. The summed E-state index contributed by atoms with van der Waals surface area (Å²) in [6, 6.07) is 24.7. The molecular weight excluding hydrogens is 294 g/mol. The third-order valence-electron chi connectivity index (χ3n) is 4.33. The van der Waals surface area contributed by atoms with Gasteiger partial charge in [0.15, 0.2) is 0 Å². The van der Waals surface area contributed by atoms with E-state index in [9.17, 15) is 4.79 Å². The molecule has 0 aromatic heterocycles. The number of rotatable bonds is 6. The minimum atomic E-state index is 0.0900. The van der Waals surface area contributed by atoms with E-state index in [0.29, 0.717) is 12.3 Å². The molecule has 0 aliphatic carbocycles. The number of carbonyl (C=O) groups is 1. The SMILES string of the molecule is CC(CCc1ccc2ccccc2c1)CC(=O)Nc1ccccc1. The summed E-state index contributed by atoms with van der Waals surface area (Å²) in [5.41, 5.74) is 2.20. The number of hydrogen-bond donors (Lipinski definition) is 1. The molecule has 0 saturated carbocycles. The fourth-order valence-corrected chi connectivity index (χ4v) is 2.96. The van der Waals surface area contributed by atoms with Gasteiger partial charge in [0, 0.05) is 12.1 Å². The first kappa shape index (κ1) is 16.3. The number of nitrogens with one attached hydrogen (secondary N) is 1. The van der Waals surface area contributed by atoms with Crippen molar-refractivity contribution >= 4 is 22.4 Å². The van der Waals surface area contributed by atoms with Crippen LogP contribution in [0.3, 0.4) is 0 Å². The number of amides is 1. The Morgan fingerprint density at radius 1 is 0.917 bits per heavy atom. The summed E-state index contributed by atoms with van der Waals surface area (Å²) in [6.45, 7) is 2.14. The van der Waals surface area contributed by atoms with E-state index in [4.69, 9.17) is 0 Å². The van der Waals surface area contributed by atoms with Crippen LogP contribution in [0.2, 0.25) is 0 Å². The minimum Gasteiger partial charge on any atom is -0.326 e. The molecule has 24 heavy (non-hydrogen) atoms. The molecule has 0 saturated heterocycles. The lowest BCUT2D eigenvalue weighted by Gasteiger charge is -2.12. The molecule has 0 fully saturated rings. The molecular formula is C22H23NO. The third-order valence-corrected chi connectivity index (χ3v) is 4.33. The maximum Gasteiger partial charge on any atom is 0.224 e. The normalized spacial score (nSPS) is 12.0. The second kappa shape index (κ2) is 7.78. The van der Waals surface area contributed by atoms with Crippen molar-refractivity contribution in [3.63, 3.8) is 0 Å². The topological polar surface area (TPSA) is 29.1 Å². The molecule has 0 spiro atoms. The zero-order chi connectivity index (χ0) is 16.8. The van der Waals surface area contributed by atoms with Crippen LogP contribution in [0.5, 0.6) is 0 Å². The molecule has 3 aromatic carbocycles. The molecule has 0 radical (unpaired) electrons. The van der Waals surface area contributed by atoms with Gasteiger partial charge in [0.1, 0.15) is 0 Å². The van der Waals surface area contributed by atoms with E-state index < -0.39 is 0 Å². The van der Waals surface area contributed by atoms with Gasteiger partial charge >= 0.3 is 0 Å². The molecule has 1 unspecified atom stereocenters. The summed E-state index contributed by atoms with van der Waals surface area (Å²) >= 11 is 0. The van der Waals surface area contributed by atoms with Crippen molar-refractivity contribution in [2.24, 2.45) is 5.92 Å². The molecule has 0 bridgehead atoms. The molecule has 1 N–H and O–H groups in total. The largest absolute Gasteiger partial charge is 0.326 e. The maximum atomic E-state index is 12.1. The van der Waals surface area contributed by atoms with Crippen LogP contribution in [0.25, 0.3) is 10.8 Å². The summed E-state index contributed by atoms with van der Waals surface area (Å²) in [5, 5.41) is 5.51. The molecule has 1 atom stereocenters. The number of hydrogen-bond acceptors (Lipinski definition) is 1. The Morgan fingerprint density at radius 2 is 1.62 bits per heavy atom. The van der Waals surface area contributed by atoms with Gasteiger partial charge in [-0.05, 0) is 47.2 Å². The van der Waals surface area contributed by atoms with E-state index in [1.165, 1.54) is 16.3 Å². The van der Waals surface area contributed by atoms with Gasteiger partial charge in [-0.15, -0.1) is 0 Å². The standard InChI is InChI=1S/C22H23NO/c1-17(15-22(24)23-21-9-3-2-4-10-21)11-12-18-13-14-19-7-5-6-8-20(19)16-18/h2-10,13-14,16-17H,11-12,15H2,1H3,(H,23,24). The van der Waals surface area contributed by atoms with Crippen LogP contribution in [0.4, 0.5) is 5.69 Å². The van der Waals surface area contributed by atoms with Crippen molar-refractivity contribution in [1.29, 1.82) is 0 Å². The Kier molecular flexibility index (Phi) is 5.27. The summed E-state index contributed by atoms with van der Waals surface area (Å²) in [6.07, 6.45) is 2.58. The van der Waals surface area contributed by atoms with Crippen LogP contribution in [-0.4, -0.2) is 5.91 Å². The fourth-order valence-electron chi connectivity index (χ4n) is 2.96. The number of para-hydroxylation sites is 1. The molecule has 0 aliphatic rings. The summed E-state index contributed by atoms with van der Waals surface area (Å²) in [4.78, 5) is 12.1. The predicted molar refractivity (Wildman–Crippen MR) is 101 cm³/mol. The van der Waals surface area contributed by atoms with Gasteiger partial charge in [-0.1, -0.05) is 67.6 Å². The molecule has 3 rings (SSSR count). The third kappa shape index (κ3) is 4.45. The highest BCUT2D eigenvalue weighted by atomic mass is 16.1. The Hall–Kier alpha value is -2.61. The number of aryl methyl sites for hydroxylation is 1. The number of benzene rings is 3. The van der Waals surface area contributed by atoms with Crippen LogP contribution in [0, 0.1) is 5.92 Å². The van der Waals surface area contributed by atoms with Gasteiger partial charge in [0.25, 0.3) is 0 Å². The van der Waals surface area contributed by atoms with Crippen molar-refractivity contribution in [3.8, 4) is 0 Å². The summed E-state index contributed by atoms with van der Waals surface area (Å²) in [5.74, 6) is 0.451. The predicted octanol–water partition coefficient (Wildman–Crippen LogP) is 5.44. The maximum absolute atomic E-state index is 12.1. The van der Waals surface area contributed by atoms with Gasteiger partial charge in [-0.25, -0.2) is 0 Å². The van der Waals surface area contributed by atoms with Crippen molar-refractivity contribution in [2.45, 2.75) is 26.2 Å². The number of fused-ring (bicyclic) bond motifs is 1. The Bertz CT molecular complexity index is 810. The van der Waals surface area contributed by atoms with E-state index >= 15 is 0 Å². The molecule has 0 aliphatic heterocycles. The van der Waals surface area contributed by atoms with E-state index in [2.05, 4.69) is 54.7 Å². The van der Waals surface area contributed by atoms with Crippen molar-refractivity contribution in [3.05, 3.63) is 78.4 Å². The Labute approximate surface area is 143 Å². The van der Waals surface area contributed by atoms with Gasteiger partial charge in [-0.3, -0.25) is 4.79 Å². The van der Waals surface area contributed by atoms with Crippen LogP contribution < -0.4 is 5.32 Å². The average molecular weight is 317 g/mol. The molecule has 1 amide bonds. The molecule has 2 nitrogen and oxygen atoms in total. The van der Waals surface area contributed by atoms with Gasteiger partial charge < -0.3 is 5.32 Å². The van der Waals surface area contributed by atoms with Gasteiger partial charge in [-0.2, -0.15) is 0 Å². The number of anilines is 1. The van der Waals surface area contributed by atoms with E-state index in [1.54, 1.807) is 0 Å². The average Bonchev–Trinajstić information content (AvgIpc) is 2.60. The first-order valence-corrected chi connectivity index (χ1v) is 8.53. The van der Waals surface area contributed by atoms with Gasteiger partial charge in [0.05, 0.1) is 0 Å². The highest BCUT2D eigenvalue weighted by Crippen LogP contribution is 2.19. The summed E-state index contributed by atoms with van der Waals surface area (Å²) < 4.78 is 0. The molecule has 2 heteroatoms. The minimum absolute atomic E-state index is 0.0900. The van der Waals surface area contributed by atoms with Crippen LogP contribution >= 0.6 is 0 Å². The van der Waals surface area contributed by atoms with E-state index in [-0.39, 0.29) is 5.91 Å². The molecule has 3 aromatic rings. The lowest BCUT2D eigenvalue weighted by atomic mass is 9.96. The van der Waals surface area contributed by atoms with E-state index in [0.717, 1.165) is 18.5 Å². The zero-order valence-corrected chi connectivity index (χ0v) is 14.0. The van der Waals surface area contributed by atoms with Crippen molar-refractivity contribution in [2.75, 3.05) is 5.32 Å². The first-order valence-electron chi connectivity index (χ1n) is 8.53. The lowest BCUT2D eigenvalue weighted by Crippen LogP contribution is -2.15.